The third-order valence-electron chi connectivity index (χ3n) is 3.40. The van der Waals surface area contributed by atoms with Crippen LogP contribution in [-0.2, 0) is 19.0 Å². The first-order valence-corrected chi connectivity index (χ1v) is 7.24. The van der Waals surface area contributed by atoms with Crippen LogP contribution < -0.4 is 4.74 Å². The second kappa shape index (κ2) is 7.39. The van der Waals surface area contributed by atoms with E-state index in [1.807, 2.05) is 13.0 Å². The Kier molecular flexibility index (Phi) is 5.52. The molecule has 1 aliphatic carbocycles. The Morgan fingerprint density at radius 3 is 2.74 bits per heavy atom. The van der Waals surface area contributed by atoms with Crippen molar-refractivity contribution < 1.29 is 28.5 Å². The molecule has 0 saturated carbocycles. The van der Waals surface area contributed by atoms with Crippen LogP contribution in [0.1, 0.15) is 30.6 Å². The molecule has 0 amide bonds. The first-order chi connectivity index (χ1) is 10.9. The van der Waals surface area contributed by atoms with Crippen LogP contribution in [-0.4, -0.2) is 37.5 Å². The predicted octanol–water partition coefficient (Wildman–Crippen LogP) is 2.48. The largest absolute Gasteiger partial charge is 0.454 e. The third kappa shape index (κ3) is 4.64. The highest BCUT2D eigenvalue weighted by molar-refractivity contribution is 5.93. The average molecular weight is 320 g/mol. The van der Waals surface area contributed by atoms with Gasteiger partial charge >= 0.3 is 11.9 Å². The molecule has 2 atom stereocenters. The zero-order valence-electron chi connectivity index (χ0n) is 13.4. The van der Waals surface area contributed by atoms with E-state index in [4.69, 9.17) is 18.9 Å². The molecule has 6 nitrogen and oxygen atoms in total. The fraction of sp³-hybridized carbons (Fsp3) is 0.412. The molecular weight excluding hydrogens is 300 g/mol. The molecule has 0 spiro atoms. The highest BCUT2D eigenvalue weighted by Gasteiger charge is 2.33. The summed E-state index contributed by atoms with van der Waals surface area (Å²) in [7, 11) is 1.55. The van der Waals surface area contributed by atoms with Crippen molar-refractivity contribution in [1.29, 1.82) is 0 Å². The summed E-state index contributed by atoms with van der Waals surface area (Å²) >= 11 is 0. The van der Waals surface area contributed by atoms with Gasteiger partial charge in [-0.3, -0.25) is 4.79 Å². The van der Waals surface area contributed by atoms with Crippen LogP contribution in [0.2, 0.25) is 0 Å². The highest BCUT2D eigenvalue weighted by atomic mass is 16.7. The Morgan fingerprint density at radius 2 is 2.04 bits per heavy atom. The summed E-state index contributed by atoms with van der Waals surface area (Å²) in [4.78, 5) is 23.4. The molecule has 1 aromatic carbocycles. The molecule has 0 aliphatic heterocycles. The van der Waals surface area contributed by atoms with Gasteiger partial charge in [-0.25, -0.2) is 4.79 Å². The van der Waals surface area contributed by atoms with Crippen LogP contribution >= 0.6 is 0 Å². The van der Waals surface area contributed by atoms with Gasteiger partial charge in [0.25, 0.3) is 0 Å². The van der Waals surface area contributed by atoms with Crippen molar-refractivity contribution in [3.63, 3.8) is 0 Å². The minimum atomic E-state index is -0.549. The van der Waals surface area contributed by atoms with Crippen molar-refractivity contribution in [3.05, 3.63) is 42.0 Å². The van der Waals surface area contributed by atoms with Crippen molar-refractivity contribution in [2.45, 2.75) is 32.0 Å². The molecule has 0 aromatic heterocycles. The predicted molar refractivity (Wildman–Crippen MR) is 82.1 cm³/mol. The summed E-state index contributed by atoms with van der Waals surface area (Å²) < 4.78 is 20.9. The molecule has 2 rings (SSSR count). The molecule has 0 N–H and O–H groups in total. The summed E-state index contributed by atoms with van der Waals surface area (Å²) in [6.07, 6.45) is 3.72. The topological polar surface area (TPSA) is 71.1 Å². The van der Waals surface area contributed by atoms with Gasteiger partial charge in [0.05, 0.1) is 5.60 Å². The minimum absolute atomic E-state index is 0.163. The molecule has 124 valence electrons. The average Bonchev–Trinajstić information content (AvgIpc) is 2.86. The van der Waals surface area contributed by atoms with Gasteiger partial charge in [0.15, 0.2) is 0 Å². The number of ether oxygens (including phenoxy) is 4. The molecule has 0 bridgehead atoms. The van der Waals surface area contributed by atoms with Crippen LogP contribution in [0.15, 0.2) is 36.4 Å². The number of carbonyl (C=O) groups is 2. The lowest BCUT2D eigenvalue weighted by Gasteiger charge is -2.23. The smallest absolute Gasteiger partial charge is 0.342 e. The monoisotopic (exact) mass is 320 g/mol. The fourth-order valence-electron chi connectivity index (χ4n) is 2.31. The molecule has 1 aromatic rings. The first-order valence-electron chi connectivity index (χ1n) is 7.24. The van der Waals surface area contributed by atoms with Gasteiger partial charge in [-0.15, -0.1) is 0 Å². The van der Waals surface area contributed by atoms with Crippen LogP contribution in [0, 0.1) is 0 Å². The molecule has 23 heavy (non-hydrogen) atoms. The van der Waals surface area contributed by atoms with E-state index in [9.17, 15) is 9.59 Å². The van der Waals surface area contributed by atoms with Crippen molar-refractivity contribution >= 4 is 11.9 Å². The molecule has 0 radical (unpaired) electrons. The van der Waals surface area contributed by atoms with Crippen LogP contribution in [0.25, 0.3) is 0 Å². The number of carbonyl (C=O) groups excluding carboxylic acids is 2. The van der Waals surface area contributed by atoms with Gasteiger partial charge in [0, 0.05) is 20.5 Å². The molecule has 0 unspecified atom stereocenters. The van der Waals surface area contributed by atoms with Gasteiger partial charge in [-0.2, -0.15) is 0 Å². The maximum Gasteiger partial charge on any atom is 0.342 e. The van der Waals surface area contributed by atoms with E-state index in [0.717, 1.165) is 0 Å². The summed E-state index contributed by atoms with van der Waals surface area (Å²) in [5.74, 6) is -0.857. The molecule has 0 saturated heterocycles. The van der Waals surface area contributed by atoms with Crippen molar-refractivity contribution in [2.75, 3.05) is 13.9 Å². The lowest BCUT2D eigenvalue weighted by atomic mass is 10.1. The van der Waals surface area contributed by atoms with E-state index in [0.29, 0.717) is 6.42 Å². The van der Waals surface area contributed by atoms with Crippen molar-refractivity contribution in [1.82, 2.24) is 0 Å². The van der Waals surface area contributed by atoms with Gasteiger partial charge in [0.1, 0.15) is 24.2 Å². The van der Waals surface area contributed by atoms with E-state index < -0.39 is 23.6 Å². The van der Waals surface area contributed by atoms with E-state index >= 15 is 0 Å². The lowest BCUT2D eigenvalue weighted by Crippen LogP contribution is -2.28. The van der Waals surface area contributed by atoms with E-state index in [2.05, 4.69) is 0 Å². The number of para-hydroxylation sites is 1. The minimum Gasteiger partial charge on any atom is -0.454 e. The van der Waals surface area contributed by atoms with E-state index in [1.54, 1.807) is 37.5 Å². The van der Waals surface area contributed by atoms with Crippen LogP contribution in [0.5, 0.6) is 5.75 Å². The summed E-state index contributed by atoms with van der Waals surface area (Å²) in [5.41, 5.74) is -0.321. The highest BCUT2D eigenvalue weighted by Crippen LogP contribution is 2.29. The summed E-state index contributed by atoms with van der Waals surface area (Å²) in [6.45, 7) is 3.33. The standard InChI is InChI=1S/C17H20O6/c1-12(18)22-15-7-5-4-6-14(15)16(19)23-13-8-9-17(2,10-13)21-11-20-3/h4-9,13H,10-11H2,1-3H3/t13-,17-/m1/s1. The Hall–Kier alpha value is -2.18. The van der Waals surface area contributed by atoms with Crippen molar-refractivity contribution in [3.8, 4) is 5.75 Å². The van der Waals surface area contributed by atoms with Crippen molar-refractivity contribution in [2.24, 2.45) is 0 Å². The Balaban J connectivity index is 2.01. The van der Waals surface area contributed by atoms with Crippen LogP contribution in [0.4, 0.5) is 0 Å². The van der Waals surface area contributed by atoms with Gasteiger partial charge in [-0.05, 0) is 25.1 Å². The maximum atomic E-state index is 12.3. The van der Waals surface area contributed by atoms with E-state index in [1.165, 1.54) is 6.92 Å². The normalized spacial score (nSPS) is 22.8. The molecule has 1 aliphatic rings. The van der Waals surface area contributed by atoms with Gasteiger partial charge in [-0.1, -0.05) is 18.2 Å². The Labute approximate surface area is 135 Å². The Morgan fingerprint density at radius 1 is 1.30 bits per heavy atom. The molecular formula is C17H20O6. The number of methoxy groups -OCH3 is 1. The third-order valence-corrected chi connectivity index (χ3v) is 3.40. The second-order valence-corrected chi connectivity index (χ2v) is 5.46. The fourth-order valence-corrected chi connectivity index (χ4v) is 2.31. The quantitative estimate of drug-likeness (QED) is 0.347. The SMILES string of the molecule is COCO[C@]1(C)C=C[C@@H](OC(=O)c2ccccc2OC(C)=O)C1. The number of benzene rings is 1. The van der Waals surface area contributed by atoms with Gasteiger partial charge in [0.2, 0.25) is 0 Å². The zero-order valence-corrected chi connectivity index (χ0v) is 13.4. The van der Waals surface area contributed by atoms with E-state index in [-0.39, 0.29) is 18.1 Å². The van der Waals surface area contributed by atoms with Crippen LogP contribution in [0.3, 0.4) is 0 Å². The number of esters is 2. The number of rotatable bonds is 6. The maximum absolute atomic E-state index is 12.3. The Bertz CT molecular complexity index is 609. The van der Waals surface area contributed by atoms with Gasteiger partial charge < -0.3 is 18.9 Å². The first kappa shape index (κ1) is 17.2. The summed E-state index contributed by atoms with van der Waals surface area (Å²) in [5, 5.41) is 0. The molecule has 0 fully saturated rings. The number of hydrogen-bond acceptors (Lipinski definition) is 6. The second-order valence-electron chi connectivity index (χ2n) is 5.46. The summed E-state index contributed by atoms with van der Waals surface area (Å²) in [6, 6.07) is 6.47. The number of hydrogen-bond donors (Lipinski definition) is 0. The molecule has 0 heterocycles. The molecule has 6 heteroatoms. The lowest BCUT2D eigenvalue weighted by molar-refractivity contribution is -0.131. The zero-order chi connectivity index (χ0) is 16.9.